The number of nitrogens with two attached hydrogens (primary N) is 1. The smallest absolute Gasteiger partial charge is 0.398 e. The number of anilines is 2. The van der Waals surface area contributed by atoms with Crippen LogP contribution in [-0.4, -0.2) is 25.3 Å². The van der Waals surface area contributed by atoms with E-state index in [9.17, 15) is 18.0 Å². The molecule has 1 rings (SSSR count). The maximum Gasteiger partial charge on any atom is 0.411 e. The molecule has 0 unspecified atom stereocenters. The molecular weight excluding hydrogens is 261 g/mol. The molecule has 0 saturated carbocycles. The van der Waals surface area contributed by atoms with Crippen molar-refractivity contribution >= 4 is 17.3 Å². The third kappa shape index (κ3) is 4.78. The van der Waals surface area contributed by atoms with Crippen molar-refractivity contribution in [3.05, 3.63) is 23.3 Å². The summed E-state index contributed by atoms with van der Waals surface area (Å²) in [7, 11) is 0. The standard InChI is InChI=1S/C12H15F3N2O2/c1-7-3-4-9(16)8(2)11(7)17-10(18)5-19-6-12(13,14)15/h3-4H,5-6,16H2,1-2H3,(H,17,18). The second-order valence-corrected chi connectivity index (χ2v) is 4.13. The van der Waals surface area contributed by atoms with Gasteiger partial charge in [-0.05, 0) is 31.0 Å². The molecular formula is C12H15F3N2O2. The van der Waals surface area contributed by atoms with Crippen LogP contribution in [0.5, 0.6) is 0 Å². The fraction of sp³-hybridized carbons (Fsp3) is 0.417. The quantitative estimate of drug-likeness (QED) is 0.830. The number of hydrogen-bond donors (Lipinski definition) is 2. The van der Waals surface area contributed by atoms with Crippen LogP contribution in [0.4, 0.5) is 24.5 Å². The minimum absolute atomic E-state index is 0.497. The molecule has 0 fully saturated rings. The van der Waals surface area contributed by atoms with Crippen molar-refractivity contribution in [1.82, 2.24) is 0 Å². The predicted molar refractivity (Wildman–Crippen MR) is 65.8 cm³/mol. The number of alkyl halides is 3. The lowest BCUT2D eigenvalue weighted by molar-refractivity contribution is -0.174. The predicted octanol–water partition coefficient (Wildman–Crippen LogP) is 2.40. The number of rotatable bonds is 4. The van der Waals surface area contributed by atoms with Gasteiger partial charge in [-0.25, -0.2) is 0 Å². The molecule has 1 aromatic rings. The Hall–Kier alpha value is -1.76. The highest BCUT2D eigenvalue weighted by Crippen LogP contribution is 2.25. The van der Waals surface area contributed by atoms with Crippen LogP contribution in [0.1, 0.15) is 11.1 Å². The summed E-state index contributed by atoms with van der Waals surface area (Å²) >= 11 is 0. The van der Waals surface area contributed by atoms with Gasteiger partial charge in [-0.3, -0.25) is 4.79 Å². The number of hydrogen-bond acceptors (Lipinski definition) is 3. The van der Waals surface area contributed by atoms with E-state index < -0.39 is 25.3 Å². The molecule has 1 amide bonds. The zero-order valence-electron chi connectivity index (χ0n) is 10.6. The van der Waals surface area contributed by atoms with Gasteiger partial charge in [0.05, 0.1) is 0 Å². The van der Waals surface area contributed by atoms with Crippen molar-refractivity contribution in [1.29, 1.82) is 0 Å². The summed E-state index contributed by atoms with van der Waals surface area (Å²) in [5, 5.41) is 2.49. The number of halogens is 3. The van der Waals surface area contributed by atoms with Gasteiger partial charge >= 0.3 is 6.18 Å². The normalized spacial score (nSPS) is 11.4. The maximum atomic E-state index is 11.8. The first-order chi connectivity index (χ1) is 8.70. The molecule has 0 atom stereocenters. The molecule has 0 aliphatic heterocycles. The Balaban J connectivity index is 2.61. The van der Waals surface area contributed by atoms with E-state index in [0.29, 0.717) is 16.9 Å². The average Bonchev–Trinajstić information content (AvgIpc) is 2.28. The Labute approximate surface area is 108 Å². The number of carbonyl (C=O) groups is 1. The first-order valence-electron chi connectivity index (χ1n) is 5.50. The van der Waals surface area contributed by atoms with Gasteiger partial charge in [0.15, 0.2) is 0 Å². The summed E-state index contributed by atoms with van der Waals surface area (Å²) in [6.07, 6.45) is -4.44. The molecule has 0 aromatic heterocycles. The molecule has 7 heteroatoms. The number of amides is 1. The van der Waals surface area contributed by atoms with Gasteiger partial charge in [0.1, 0.15) is 13.2 Å². The Bertz CT molecular complexity index is 473. The van der Waals surface area contributed by atoms with Crippen molar-refractivity contribution in [2.24, 2.45) is 0 Å². The third-order valence-electron chi connectivity index (χ3n) is 2.48. The summed E-state index contributed by atoms with van der Waals surface area (Å²) in [5.74, 6) is -0.652. The number of nitrogens with one attached hydrogen (secondary N) is 1. The third-order valence-corrected chi connectivity index (χ3v) is 2.48. The van der Waals surface area contributed by atoms with Gasteiger partial charge < -0.3 is 15.8 Å². The van der Waals surface area contributed by atoms with E-state index in [0.717, 1.165) is 5.56 Å². The van der Waals surface area contributed by atoms with Gasteiger partial charge in [0, 0.05) is 11.4 Å². The monoisotopic (exact) mass is 276 g/mol. The van der Waals surface area contributed by atoms with Crippen LogP contribution in [0.25, 0.3) is 0 Å². The van der Waals surface area contributed by atoms with Crippen LogP contribution in [0.2, 0.25) is 0 Å². The van der Waals surface area contributed by atoms with Crippen molar-refractivity contribution < 1.29 is 22.7 Å². The molecule has 0 aliphatic rings. The highest BCUT2D eigenvalue weighted by Gasteiger charge is 2.27. The van der Waals surface area contributed by atoms with E-state index in [-0.39, 0.29) is 0 Å². The van der Waals surface area contributed by atoms with Crippen LogP contribution in [0.15, 0.2) is 12.1 Å². The van der Waals surface area contributed by atoms with E-state index in [1.54, 1.807) is 26.0 Å². The number of benzene rings is 1. The topological polar surface area (TPSA) is 64.3 Å². The lowest BCUT2D eigenvalue weighted by Crippen LogP contribution is -2.24. The Morgan fingerprint density at radius 3 is 2.58 bits per heavy atom. The Kier molecular flexibility index (Phi) is 4.77. The van der Waals surface area contributed by atoms with Crippen molar-refractivity contribution in [3.8, 4) is 0 Å². The lowest BCUT2D eigenvalue weighted by atomic mass is 10.1. The van der Waals surface area contributed by atoms with Gasteiger partial charge in [-0.15, -0.1) is 0 Å². The molecule has 3 N–H and O–H groups in total. The fourth-order valence-electron chi connectivity index (χ4n) is 1.49. The average molecular weight is 276 g/mol. The fourth-order valence-corrected chi connectivity index (χ4v) is 1.49. The summed E-state index contributed by atoms with van der Waals surface area (Å²) < 4.78 is 39.8. The summed E-state index contributed by atoms with van der Waals surface area (Å²) in [6, 6.07) is 3.41. The number of nitrogen functional groups attached to an aromatic ring is 1. The minimum atomic E-state index is -4.44. The molecule has 0 aliphatic carbocycles. The lowest BCUT2D eigenvalue weighted by Gasteiger charge is -2.14. The van der Waals surface area contributed by atoms with Gasteiger partial charge in [0.25, 0.3) is 0 Å². The van der Waals surface area contributed by atoms with Crippen LogP contribution in [0, 0.1) is 13.8 Å². The maximum absolute atomic E-state index is 11.8. The summed E-state index contributed by atoms with van der Waals surface area (Å²) in [4.78, 5) is 11.5. The molecule has 0 saturated heterocycles. The van der Waals surface area contributed by atoms with Crippen LogP contribution in [-0.2, 0) is 9.53 Å². The van der Waals surface area contributed by atoms with E-state index >= 15 is 0 Å². The van der Waals surface area contributed by atoms with E-state index in [2.05, 4.69) is 10.1 Å². The number of aryl methyl sites for hydroxylation is 1. The molecule has 0 radical (unpaired) electrons. The molecule has 0 bridgehead atoms. The van der Waals surface area contributed by atoms with E-state index in [4.69, 9.17) is 5.73 Å². The van der Waals surface area contributed by atoms with Crippen LogP contribution >= 0.6 is 0 Å². The number of carbonyl (C=O) groups excluding carboxylic acids is 1. The van der Waals surface area contributed by atoms with E-state index in [1.807, 2.05) is 0 Å². The van der Waals surface area contributed by atoms with Gasteiger partial charge in [-0.1, -0.05) is 6.07 Å². The summed E-state index contributed by atoms with van der Waals surface area (Å²) in [6.45, 7) is 1.37. The van der Waals surface area contributed by atoms with Crippen LogP contribution in [0.3, 0.4) is 0 Å². The largest absolute Gasteiger partial charge is 0.411 e. The van der Waals surface area contributed by atoms with Crippen LogP contribution < -0.4 is 11.1 Å². The van der Waals surface area contributed by atoms with Gasteiger partial charge in [0.2, 0.25) is 5.91 Å². The SMILES string of the molecule is Cc1ccc(N)c(C)c1NC(=O)COCC(F)(F)F. The molecule has 19 heavy (non-hydrogen) atoms. The highest BCUT2D eigenvalue weighted by molar-refractivity contribution is 5.94. The zero-order valence-corrected chi connectivity index (χ0v) is 10.6. The zero-order chi connectivity index (χ0) is 14.6. The second-order valence-electron chi connectivity index (χ2n) is 4.13. The second kappa shape index (κ2) is 5.92. The molecule has 0 spiro atoms. The van der Waals surface area contributed by atoms with Crippen molar-refractivity contribution in [3.63, 3.8) is 0 Å². The Morgan fingerprint density at radius 2 is 2.00 bits per heavy atom. The molecule has 4 nitrogen and oxygen atoms in total. The summed E-state index contributed by atoms with van der Waals surface area (Å²) in [5.41, 5.74) is 8.13. The minimum Gasteiger partial charge on any atom is -0.398 e. The number of ether oxygens (including phenoxy) is 1. The highest BCUT2D eigenvalue weighted by atomic mass is 19.4. The first kappa shape index (κ1) is 15.3. The van der Waals surface area contributed by atoms with Gasteiger partial charge in [-0.2, -0.15) is 13.2 Å². The molecule has 1 aromatic carbocycles. The molecule has 0 heterocycles. The van der Waals surface area contributed by atoms with E-state index in [1.165, 1.54) is 0 Å². The van der Waals surface area contributed by atoms with Crippen molar-refractivity contribution in [2.45, 2.75) is 20.0 Å². The molecule has 106 valence electrons. The van der Waals surface area contributed by atoms with Crippen molar-refractivity contribution in [2.75, 3.05) is 24.3 Å². The Morgan fingerprint density at radius 1 is 1.37 bits per heavy atom. The first-order valence-corrected chi connectivity index (χ1v) is 5.50.